The number of anilines is 3. The smallest absolute Gasteiger partial charge is 0.274 e. The van der Waals surface area contributed by atoms with E-state index in [1.54, 1.807) is 36.4 Å². The number of carbonyl (C=O) groups is 1. The van der Waals surface area contributed by atoms with Crippen LogP contribution < -0.4 is 20.1 Å². The number of hydrogen-bond donors (Lipinski definition) is 2. The molecule has 0 bridgehead atoms. The maximum absolute atomic E-state index is 12.4. The summed E-state index contributed by atoms with van der Waals surface area (Å²) in [5, 5.41) is 14.6. The Hall–Kier alpha value is -4.12. The number of carbonyl (C=O) groups excluding carboxylic acids is 1. The second-order valence-corrected chi connectivity index (χ2v) is 5.89. The van der Waals surface area contributed by atoms with Gasteiger partial charge < -0.3 is 20.1 Å². The molecule has 8 heteroatoms. The lowest BCUT2D eigenvalue weighted by Crippen LogP contribution is -2.15. The number of nitrogens with zero attached hydrogens (tertiary/aromatic N) is 3. The van der Waals surface area contributed by atoms with Crippen molar-refractivity contribution in [3.8, 4) is 17.6 Å². The molecule has 1 amide bonds. The van der Waals surface area contributed by atoms with E-state index >= 15 is 0 Å². The minimum Gasteiger partial charge on any atom is -0.486 e. The highest BCUT2D eigenvalue weighted by Gasteiger charge is 2.13. The Labute approximate surface area is 160 Å². The highest BCUT2D eigenvalue weighted by Crippen LogP contribution is 2.33. The maximum Gasteiger partial charge on any atom is 0.274 e. The zero-order chi connectivity index (χ0) is 19.3. The SMILES string of the molecule is N#Cc1ccc(NC(=O)c2ccnc(Nc3ccc4c(c3)OCCO4)n2)cc1. The molecule has 1 aliphatic rings. The lowest BCUT2D eigenvalue weighted by molar-refractivity contribution is 0.102. The predicted octanol–water partition coefficient (Wildman–Crippen LogP) is 3.12. The average Bonchev–Trinajstić information content (AvgIpc) is 2.74. The molecule has 138 valence electrons. The average molecular weight is 373 g/mol. The van der Waals surface area contributed by atoms with Crippen molar-refractivity contribution in [2.45, 2.75) is 0 Å². The molecule has 0 aliphatic carbocycles. The summed E-state index contributed by atoms with van der Waals surface area (Å²) in [5.74, 6) is 1.24. The zero-order valence-corrected chi connectivity index (χ0v) is 14.7. The van der Waals surface area contributed by atoms with Crippen LogP contribution >= 0.6 is 0 Å². The van der Waals surface area contributed by atoms with Gasteiger partial charge in [0.15, 0.2) is 11.5 Å². The molecule has 0 saturated carbocycles. The van der Waals surface area contributed by atoms with E-state index in [2.05, 4.69) is 20.6 Å². The van der Waals surface area contributed by atoms with Crippen LogP contribution in [0.4, 0.5) is 17.3 Å². The minimum atomic E-state index is -0.377. The molecule has 2 heterocycles. The largest absolute Gasteiger partial charge is 0.486 e. The topological polar surface area (TPSA) is 109 Å². The van der Waals surface area contributed by atoms with Crippen molar-refractivity contribution < 1.29 is 14.3 Å². The Morgan fingerprint density at radius 2 is 1.75 bits per heavy atom. The van der Waals surface area contributed by atoms with Gasteiger partial charge in [0.05, 0.1) is 11.6 Å². The van der Waals surface area contributed by atoms with Gasteiger partial charge in [-0.1, -0.05) is 0 Å². The third kappa shape index (κ3) is 3.83. The Morgan fingerprint density at radius 1 is 1.00 bits per heavy atom. The van der Waals surface area contributed by atoms with Crippen LogP contribution in [0.1, 0.15) is 16.1 Å². The number of amides is 1. The molecule has 0 fully saturated rings. The van der Waals surface area contributed by atoms with Crippen LogP contribution in [0.25, 0.3) is 0 Å². The number of ether oxygens (including phenoxy) is 2. The first-order valence-corrected chi connectivity index (χ1v) is 8.52. The van der Waals surface area contributed by atoms with Gasteiger partial charge in [0.1, 0.15) is 18.9 Å². The zero-order valence-electron chi connectivity index (χ0n) is 14.7. The van der Waals surface area contributed by atoms with Gasteiger partial charge in [0, 0.05) is 23.6 Å². The molecule has 2 N–H and O–H groups in total. The Bertz CT molecular complexity index is 1060. The van der Waals surface area contributed by atoms with Crippen molar-refractivity contribution in [3.63, 3.8) is 0 Å². The highest BCUT2D eigenvalue weighted by molar-refractivity contribution is 6.03. The van der Waals surface area contributed by atoms with Gasteiger partial charge in [-0.15, -0.1) is 0 Å². The van der Waals surface area contributed by atoms with Gasteiger partial charge in [-0.25, -0.2) is 9.97 Å². The summed E-state index contributed by atoms with van der Waals surface area (Å²) in [4.78, 5) is 20.8. The third-order valence-electron chi connectivity index (χ3n) is 3.96. The summed E-state index contributed by atoms with van der Waals surface area (Å²) in [5.41, 5.74) is 2.02. The lowest BCUT2D eigenvalue weighted by atomic mass is 10.2. The van der Waals surface area contributed by atoms with Crippen molar-refractivity contribution in [2.75, 3.05) is 23.8 Å². The summed E-state index contributed by atoms with van der Waals surface area (Å²) < 4.78 is 11.1. The molecule has 1 aliphatic heterocycles. The number of benzene rings is 2. The Balaban J connectivity index is 1.47. The minimum absolute atomic E-state index is 0.208. The Morgan fingerprint density at radius 3 is 2.54 bits per heavy atom. The molecule has 4 rings (SSSR count). The fourth-order valence-corrected chi connectivity index (χ4v) is 2.62. The molecule has 0 spiro atoms. The standard InChI is InChI=1S/C20H15N5O3/c21-12-13-1-3-14(4-2-13)23-19(26)16-7-8-22-20(25-16)24-15-5-6-17-18(11-15)28-10-9-27-17/h1-8,11H,9-10H2,(H,23,26)(H,22,24,25). The van der Waals surface area contributed by atoms with Gasteiger partial charge in [-0.2, -0.15) is 5.26 Å². The van der Waals surface area contributed by atoms with Crippen molar-refractivity contribution in [1.82, 2.24) is 9.97 Å². The normalized spacial score (nSPS) is 12.0. The van der Waals surface area contributed by atoms with Gasteiger partial charge in [-0.3, -0.25) is 4.79 Å². The van der Waals surface area contributed by atoms with E-state index in [1.165, 1.54) is 12.3 Å². The quantitative estimate of drug-likeness (QED) is 0.723. The third-order valence-corrected chi connectivity index (χ3v) is 3.96. The second-order valence-electron chi connectivity index (χ2n) is 5.89. The predicted molar refractivity (Wildman–Crippen MR) is 102 cm³/mol. The van der Waals surface area contributed by atoms with Crippen molar-refractivity contribution >= 4 is 23.2 Å². The highest BCUT2D eigenvalue weighted by atomic mass is 16.6. The van der Waals surface area contributed by atoms with Crippen LogP contribution in [0.15, 0.2) is 54.7 Å². The Kier molecular flexibility index (Phi) is 4.72. The van der Waals surface area contributed by atoms with Gasteiger partial charge in [-0.05, 0) is 42.5 Å². The monoisotopic (exact) mass is 373 g/mol. The fraction of sp³-hybridized carbons (Fsp3) is 0.100. The number of rotatable bonds is 4. The van der Waals surface area contributed by atoms with Crippen LogP contribution in [0.3, 0.4) is 0 Å². The summed E-state index contributed by atoms with van der Waals surface area (Å²) in [6.45, 7) is 1.03. The maximum atomic E-state index is 12.4. The van der Waals surface area contributed by atoms with E-state index in [0.29, 0.717) is 41.7 Å². The van der Waals surface area contributed by atoms with E-state index in [9.17, 15) is 4.79 Å². The summed E-state index contributed by atoms with van der Waals surface area (Å²) in [6, 6.07) is 15.5. The van der Waals surface area contributed by atoms with E-state index < -0.39 is 0 Å². The second kappa shape index (κ2) is 7.63. The first-order chi connectivity index (χ1) is 13.7. The van der Waals surface area contributed by atoms with E-state index in [-0.39, 0.29) is 17.5 Å². The van der Waals surface area contributed by atoms with Gasteiger partial charge in [0.2, 0.25) is 5.95 Å². The fourth-order valence-electron chi connectivity index (χ4n) is 2.62. The van der Waals surface area contributed by atoms with Crippen LogP contribution in [0, 0.1) is 11.3 Å². The van der Waals surface area contributed by atoms with Gasteiger partial charge in [0.25, 0.3) is 5.91 Å². The van der Waals surface area contributed by atoms with Crippen molar-refractivity contribution in [1.29, 1.82) is 5.26 Å². The number of aromatic nitrogens is 2. The van der Waals surface area contributed by atoms with Crippen LogP contribution in [0.2, 0.25) is 0 Å². The van der Waals surface area contributed by atoms with Crippen LogP contribution in [0.5, 0.6) is 11.5 Å². The first-order valence-electron chi connectivity index (χ1n) is 8.52. The molecule has 28 heavy (non-hydrogen) atoms. The number of nitriles is 1. The van der Waals surface area contributed by atoms with Gasteiger partial charge >= 0.3 is 0 Å². The summed E-state index contributed by atoms with van der Waals surface area (Å²) >= 11 is 0. The van der Waals surface area contributed by atoms with Crippen LogP contribution in [-0.2, 0) is 0 Å². The number of fused-ring (bicyclic) bond motifs is 1. The molecule has 0 radical (unpaired) electrons. The molecule has 0 saturated heterocycles. The van der Waals surface area contributed by atoms with Crippen molar-refractivity contribution in [2.24, 2.45) is 0 Å². The van der Waals surface area contributed by atoms with E-state index in [0.717, 1.165) is 0 Å². The number of nitrogens with one attached hydrogen (secondary N) is 2. The summed E-state index contributed by atoms with van der Waals surface area (Å²) in [6.07, 6.45) is 1.50. The number of hydrogen-bond acceptors (Lipinski definition) is 7. The lowest BCUT2D eigenvalue weighted by Gasteiger charge is -2.19. The van der Waals surface area contributed by atoms with Crippen LogP contribution in [-0.4, -0.2) is 29.1 Å². The summed E-state index contributed by atoms with van der Waals surface area (Å²) in [7, 11) is 0. The van der Waals surface area contributed by atoms with E-state index in [1.807, 2.05) is 12.1 Å². The molecule has 8 nitrogen and oxygen atoms in total. The molecule has 3 aromatic rings. The molecular weight excluding hydrogens is 358 g/mol. The molecule has 0 atom stereocenters. The molecule has 1 aromatic heterocycles. The van der Waals surface area contributed by atoms with E-state index in [4.69, 9.17) is 14.7 Å². The molecule has 0 unspecified atom stereocenters. The van der Waals surface area contributed by atoms with Crippen molar-refractivity contribution in [3.05, 3.63) is 66.0 Å². The molecular formula is C20H15N5O3. The molecule has 2 aromatic carbocycles. The first kappa shape index (κ1) is 17.3.